The highest BCUT2D eigenvalue weighted by Crippen LogP contribution is 2.24. The molecule has 1 aromatic rings. The highest BCUT2D eigenvalue weighted by Gasteiger charge is 2.16. The standard InChI is InChI=1S/C11H12O5/c1-15-10-6-8(12)4-3-7(10)5-9(13)11(14)16-2/h3-4,6,12H,5H2,1-2H3. The van der Waals surface area contributed by atoms with Gasteiger partial charge in [-0.25, -0.2) is 4.79 Å². The first-order chi connectivity index (χ1) is 7.58. The molecule has 0 fully saturated rings. The number of methoxy groups -OCH3 is 2. The summed E-state index contributed by atoms with van der Waals surface area (Å²) in [4.78, 5) is 22.2. The Labute approximate surface area is 92.6 Å². The molecule has 0 atom stereocenters. The molecule has 0 aliphatic rings. The number of benzene rings is 1. The van der Waals surface area contributed by atoms with E-state index < -0.39 is 11.8 Å². The lowest BCUT2D eigenvalue weighted by Gasteiger charge is -2.07. The quantitative estimate of drug-likeness (QED) is 0.601. The summed E-state index contributed by atoms with van der Waals surface area (Å²) in [5.74, 6) is -1.16. The summed E-state index contributed by atoms with van der Waals surface area (Å²) in [5, 5.41) is 9.20. The minimum absolute atomic E-state index is 0.0334. The lowest BCUT2D eigenvalue weighted by atomic mass is 10.1. The molecule has 0 bridgehead atoms. The van der Waals surface area contributed by atoms with Crippen LogP contribution in [0.2, 0.25) is 0 Å². The predicted molar refractivity (Wildman–Crippen MR) is 55.4 cm³/mol. The van der Waals surface area contributed by atoms with Crippen LogP contribution >= 0.6 is 0 Å². The van der Waals surface area contributed by atoms with Gasteiger partial charge in [-0.2, -0.15) is 0 Å². The number of rotatable bonds is 4. The maximum Gasteiger partial charge on any atom is 0.374 e. The van der Waals surface area contributed by atoms with E-state index >= 15 is 0 Å². The monoisotopic (exact) mass is 224 g/mol. The molecule has 5 heteroatoms. The van der Waals surface area contributed by atoms with Gasteiger partial charge in [-0.05, 0) is 6.07 Å². The zero-order valence-corrected chi connectivity index (χ0v) is 9.02. The second-order valence-electron chi connectivity index (χ2n) is 3.09. The Morgan fingerprint density at radius 1 is 1.31 bits per heavy atom. The largest absolute Gasteiger partial charge is 0.508 e. The van der Waals surface area contributed by atoms with Crippen molar-refractivity contribution in [3.63, 3.8) is 0 Å². The van der Waals surface area contributed by atoms with Gasteiger partial charge in [0.2, 0.25) is 5.78 Å². The van der Waals surface area contributed by atoms with Crippen LogP contribution in [0.3, 0.4) is 0 Å². The molecule has 0 amide bonds. The molecule has 5 nitrogen and oxygen atoms in total. The number of aromatic hydroxyl groups is 1. The van der Waals surface area contributed by atoms with Gasteiger partial charge in [0, 0.05) is 18.1 Å². The van der Waals surface area contributed by atoms with Crippen LogP contribution < -0.4 is 4.74 Å². The number of carbonyl (C=O) groups excluding carboxylic acids is 2. The van der Waals surface area contributed by atoms with Gasteiger partial charge in [0.1, 0.15) is 11.5 Å². The minimum atomic E-state index is -0.893. The van der Waals surface area contributed by atoms with E-state index in [-0.39, 0.29) is 12.2 Å². The van der Waals surface area contributed by atoms with Crippen LogP contribution in [-0.2, 0) is 20.7 Å². The third kappa shape index (κ3) is 2.73. The van der Waals surface area contributed by atoms with Crippen molar-refractivity contribution < 1.29 is 24.2 Å². The molecule has 0 saturated carbocycles. The summed E-state index contributed by atoms with van der Waals surface area (Å²) >= 11 is 0. The van der Waals surface area contributed by atoms with Gasteiger partial charge in [-0.1, -0.05) is 6.07 Å². The zero-order chi connectivity index (χ0) is 12.1. The SMILES string of the molecule is COC(=O)C(=O)Cc1ccc(O)cc1OC. The smallest absolute Gasteiger partial charge is 0.374 e. The molecule has 0 aliphatic heterocycles. The molecule has 86 valence electrons. The van der Waals surface area contributed by atoms with Crippen LogP contribution in [0.25, 0.3) is 0 Å². The first-order valence-corrected chi connectivity index (χ1v) is 4.55. The molecule has 0 aromatic heterocycles. The summed E-state index contributed by atoms with van der Waals surface area (Å²) in [5.41, 5.74) is 0.524. The average Bonchev–Trinajstić information content (AvgIpc) is 2.30. The van der Waals surface area contributed by atoms with Crippen LogP contribution in [0.4, 0.5) is 0 Å². The third-order valence-corrected chi connectivity index (χ3v) is 2.03. The second kappa shape index (κ2) is 5.16. The molecule has 1 aromatic carbocycles. The topological polar surface area (TPSA) is 72.8 Å². The van der Waals surface area contributed by atoms with Gasteiger partial charge in [-0.15, -0.1) is 0 Å². The van der Waals surface area contributed by atoms with E-state index in [9.17, 15) is 14.7 Å². The summed E-state index contributed by atoms with van der Waals surface area (Å²) in [7, 11) is 2.56. The van der Waals surface area contributed by atoms with E-state index in [0.29, 0.717) is 11.3 Å². The lowest BCUT2D eigenvalue weighted by molar-refractivity contribution is -0.151. The Balaban J connectivity index is 2.89. The van der Waals surface area contributed by atoms with Crippen molar-refractivity contribution in [1.29, 1.82) is 0 Å². The maximum atomic E-state index is 11.3. The highest BCUT2D eigenvalue weighted by molar-refractivity contribution is 6.34. The predicted octanol–water partition coefficient (Wildman–Crippen LogP) is 0.685. The number of hydrogen-bond acceptors (Lipinski definition) is 5. The fraction of sp³-hybridized carbons (Fsp3) is 0.273. The zero-order valence-electron chi connectivity index (χ0n) is 9.02. The van der Waals surface area contributed by atoms with Crippen LogP contribution in [0.1, 0.15) is 5.56 Å². The fourth-order valence-corrected chi connectivity index (χ4v) is 1.24. The Morgan fingerprint density at radius 3 is 2.56 bits per heavy atom. The van der Waals surface area contributed by atoms with Gasteiger partial charge < -0.3 is 14.6 Å². The summed E-state index contributed by atoms with van der Waals surface area (Å²) in [6.07, 6.45) is -0.115. The third-order valence-electron chi connectivity index (χ3n) is 2.03. The van der Waals surface area contributed by atoms with Crippen molar-refractivity contribution in [1.82, 2.24) is 0 Å². The number of phenolic OH excluding ortho intramolecular Hbond substituents is 1. The van der Waals surface area contributed by atoms with Gasteiger partial charge in [0.25, 0.3) is 0 Å². The molecule has 0 spiro atoms. The van der Waals surface area contributed by atoms with Gasteiger partial charge in [0.15, 0.2) is 0 Å². The van der Waals surface area contributed by atoms with Crippen LogP contribution in [0.5, 0.6) is 11.5 Å². The molecule has 0 saturated heterocycles. The lowest BCUT2D eigenvalue weighted by Crippen LogP contribution is -2.18. The normalized spacial score (nSPS) is 9.62. The molecular formula is C11H12O5. The fourth-order valence-electron chi connectivity index (χ4n) is 1.24. The Hall–Kier alpha value is -2.04. The maximum absolute atomic E-state index is 11.3. The van der Waals surface area contributed by atoms with Crippen molar-refractivity contribution in [2.24, 2.45) is 0 Å². The number of ketones is 1. The van der Waals surface area contributed by atoms with E-state index in [2.05, 4.69) is 4.74 Å². The van der Waals surface area contributed by atoms with E-state index in [4.69, 9.17) is 4.74 Å². The molecule has 0 aliphatic carbocycles. The number of phenols is 1. The van der Waals surface area contributed by atoms with Gasteiger partial charge in [0.05, 0.1) is 14.2 Å². The molecule has 0 unspecified atom stereocenters. The second-order valence-corrected chi connectivity index (χ2v) is 3.09. The Kier molecular flexibility index (Phi) is 3.88. The molecule has 0 radical (unpaired) electrons. The Bertz CT molecular complexity index is 411. The van der Waals surface area contributed by atoms with Crippen LogP contribution in [-0.4, -0.2) is 31.1 Å². The molecule has 1 N–H and O–H groups in total. The van der Waals surface area contributed by atoms with Crippen LogP contribution in [0, 0.1) is 0 Å². The average molecular weight is 224 g/mol. The van der Waals surface area contributed by atoms with E-state index in [1.807, 2.05) is 0 Å². The van der Waals surface area contributed by atoms with E-state index in [1.165, 1.54) is 25.3 Å². The number of carbonyl (C=O) groups is 2. The number of hydrogen-bond donors (Lipinski definition) is 1. The van der Waals surface area contributed by atoms with Crippen molar-refractivity contribution in [2.75, 3.05) is 14.2 Å². The van der Waals surface area contributed by atoms with E-state index in [1.54, 1.807) is 0 Å². The summed E-state index contributed by atoms with van der Waals surface area (Å²) < 4.78 is 9.28. The number of Topliss-reactive ketones (excluding diaryl/α,β-unsaturated/α-hetero) is 1. The van der Waals surface area contributed by atoms with Crippen LogP contribution in [0.15, 0.2) is 18.2 Å². The van der Waals surface area contributed by atoms with Crippen molar-refractivity contribution in [3.05, 3.63) is 23.8 Å². The van der Waals surface area contributed by atoms with Crippen molar-refractivity contribution >= 4 is 11.8 Å². The molecule has 16 heavy (non-hydrogen) atoms. The van der Waals surface area contributed by atoms with Gasteiger partial charge >= 0.3 is 5.97 Å². The highest BCUT2D eigenvalue weighted by atomic mass is 16.5. The van der Waals surface area contributed by atoms with Gasteiger partial charge in [-0.3, -0.25) is 4.79 Å². The summed E-state index contributed by atoms with van der Waals surface area (Å²) in [6, 6.07) is 4.32. The molecule has 1 rings (SSSR count). The van der Waals surface area contributed by atoms with E-state index in [0.717, 1.165) is 7.11 Å². The number of ether oxygens (including phenoxy) is 2. The molecular weight excluding hydrogens is 212 g/mol. The first kappa shape index (κ1) is 12.0. The molecule has 0 heterocycles. The summed E-state index contributed by atoms with van der Waals surface area (Å²) in [6.45, 7) is 0. The minimum Gasteiger partial charge on any atom is -0.508 e. The number of esters is 1. The Morgan fingerprint density at radius 2 is 2.00 bits per heavy atom. The first-order valence-electron chi connectivity index (χ1n) is 4.55. The van der Waals surface area contributed by atoms with Crippen molar-refractivity contribution in [3.8, 4) is 11.5 Å². The van der Waals surface area contributed by atoms with Crippen molar-refractivity contribution in [2.45, 2.75) is 6.42 Å².